The van der Waals surface area contributed by atoms with Crippen molar-refractivity contribution in [2.24, 2.45) is 5.92 Å². The molecular formula is C25H50O7. The molecule has 0 spiro atoms. The second kappa shape index (κ2) is 18.1. The van der Waals surface area contributed by atoms with Crippen LogP contribution < -0.4 is 0 Å². The Morgan fingerprint density at radius 2 is 1.16 bits per heavy atom. The Kier molecular flexibility index (Phi) is 16.8. The number of aliphatic hydroxyl groups excluding tert-OH is 5. The summed E-state index contributed by atoms with van der Waals surface area (Å²) >= 11 is 0. The summed E-state index contributed by atoms with van der Waals surface area (Å²) in [5.74, 6) is 0.872. The summed E-state index contributed by atoms with van der Waals surface area (Å²) in [4.78, 5) is 0. The van der Waals surface area contributed by atoms with E-state index in [1.807, 2.05) is 0 Å². The molecule has 32 heavy (non-hydrogen) atoms. The predicted molar refractivity (Wildman–Crippen MR) is 125 cm³/mol. The number of hydrogen-bond donors (Lipinski definition) is 5. The van der Waals surface area contributed by atoms with Gasteiger partial charge in [-0.15, -0.1) is 0 Å². The van der Waals surface area contributed by atoms with Gasteiger partial charge in [-0.3, -0.25) is 0 Å². The molecular weight excluding hydrogens is 412 g/mol. The maximum Gasteiger partial charge on any atom is 0.115 e. The van der Waals surface area contributed by atoms with Crippen molar-refractivity contribution in [2.45, 2.75) is 134 Å². The van der Waals surface area contributed by atoms with Crippen LogP contribution >= 0.6 is 0 Å². The van der Waals surface area contributed by atoms with Crippen LogP contribution in [0.5, 0.6) is 0 Å². The Morgan fingerprint density at radius 3 is 1.72 bits per heavy atom. The van der Waals surface area contributed by atoms with Crippen LogP contribution in [0.4, 0.5) is 0 Å². The van der Waals surface area contributed by atoms with E-state index >= 15 is 0 Å². The molecule has 0 radical (unpaired) electrons. The summed E-state index contributed by atoms with van der Waals surface area (Å²) in [6, 6.07) is 0. The van der Waals surface area contributed by atoms with E-state index in [2.05, 4.69) is 13.8 Å². The van der Waals surface area contributed by atoms with E-state index in [-0.39, 0.29) is 13.2 Å². The fourth-order valence-corrected chi connectivity index (χ4v) is 4.33. The van der Waals surface area contributed by atoms with Gasteiger partial charge in [0.25, 0.3) is 0 Å². The van der Waals surface area contributed by atoms with Crippen molar-refractivity contribution < 1.29 is 35.0 Å². The molecule has 7 nitrogen and oxygen atoms in total. The molecule has 7 heteroatoms. The van der Waals surface area contributed by atoms with Gasteiger partial charge in [-0.2, -0.15) is 0 Å². The molecule has 0 amide bonds. The van der Waals surface area contributed by atoms with Gasteiger partial charge in [-0.25, -0.2) is 0 Å². The zero-order valence-electron chi connectivity index (χ0n) is 20.4. The zero-order chi connectivity index (χ0) is 23.8. The predicted octanol–water partition coefficient (Wildman–Crippen LogP) is 2.93. The summed E-state index contributed by atoms with van der Waals surface area (Å²) in [7, 11) is 0. The quantitative estimate of drug-likeness (QED) is 0.176. The summed E-state index contributed by atoms with van der Waals surface area (Å²) in [5.41, 5.74) is 0. The van der Waals surface area contributed by atoms with Crippen LogP contribution in [0.15, 0.2) is 0 Å². The first-order valence-electron chi connectivity index (χ1n) is 13.0. The number of aliphatic hydroxyl groups is 5. The number of rotatable bonds is 20. The first-order valence-corrected chi connectivity index (χ1v) is 13.0. The van der Waals surface area contributed by atoms with Gasteiger partial charge in [0.15, 0.2) is 0 Å². The molecule has 0 aromatic heterocycles. The highest BCUT2D eigenvalue weighted by atomic mass is 16.5. The summed E-state index contributed by atoms with van der Waals surface area (Å²) in [6.45, 7) is 5.21. The van der Waals surface area contributed by atoms with Crippen molar-refractivity contribution in [2.75, 3.05) is 19.8 Å². The largest absolute Gasteiger partial charge is 0.388 e. The third kappa shape index (κ3) is 12.3. The molecule has 0 saturated heterocycles. The van der Waals surface area contributed by atoms with Crippen molar-refractivity contribution in [1.82, 2.24) is 0 Å². The molecule has 1 rings (SSSR count). The maximum absolute atomic E-state index is 9.91. The van der Waals surface area contributed by atoms with E-state index in [1.165, 1.54) is 70.6 Å². The average molecular weight is 463 g/mol. The van der Waals surface area contributed by atoms with Gasteiger partial charge in [0.05, 0.1) is 13.2 Å². The van der Waals surface area contributed by atoms with E-state index in [0.29, 0.717) is 6.61 Å². The minimum atomic E-state index is -1.45. The second-order valence-electron chi connectivity index (χ2n) is 9.71. The third-order valence-corrected chi connectivity index (χ3v) is 6.55. The Labute approximate surface area is 195 Å². The van der Waals surface area contributed by atoms with Gasteiger partial charge in [-0.1, -0.05) is 90.9 Å². The maximum atomic E-state index is 9.91. The SMILES string of the molecule is CCCCCCC(C)CCCCCCCCCOCC(O)COC1C(O)C(O)[C@@H](O)C1O. The van der Waals surface area contributed by atoms with Crippen molar-refractivity contribution in [3.63, 3.8) is 0 Å². The van der Waals surface area contributed by atoms with Gasteiger partial charge < -0.3 is 35.0 Å². The fourth-order valence-electron chi connectivity index (χ4n) is 4.33. The minimum Gasteiger partial charge on any atom is -0.388 e. The molecule has 0 aromatic carbocycles. The standard InChI is InChI=1S/C25H50O7/c1-3-4-5-11-14-19(2)15-12-9-7-6-8-10-13-16-31-17-20(26)18-32-25-23(29)21(27)22(28)24(25)30/h19-30H,3-18H2,1-2H3/t19?,20?,21-,22?,23?,24?,25?/m1/s1. The topological polar surface area (TPSA) is 120 Å². The first-order chi connectivity index (χ1) is 15.4. The van der Waals surface area contributed by atoms with Crippen LogP contribution in [-0.4, -0.2) is 82.0 Å². The fraction of sp³-hybridized carbons (Fsp3) is 1.00. The van der Waals surface area contributed by atoms with Gasteiger partial charge >= 0.3 is 0 Å². The molecule has 0 bridgehead atoms. The minimum absolute atomic E-state index is 0.112. The lowest BCUT2D eigenvalue weighted by Crippen LogP contribution is -2.38. The van der Waals surface area contributed by atoms with Gasteiger partial charge in [0.1, 0.15) is 36.6 Å². The molecule has 1 fully saturated rings. The van der Waals surface area contributed by atoms with E-state index in [1.54, 1.807) is 0 Å². The monoisotopic (exact) mass is 462 g/mol. The average Bonchev–Trinajstić information content (AvgIpc) is 2.96. The number of hydrogen-bond acceptors (Lipinski definition) is 7. The lowest BCUT2D eigenvalue weighted by Gasteiger charge is -2.21. The molecule has 6 unspecified atom stereocenters. The molecule has 1 aliphatic carbocycles. The third-order valence-electron chi connectivity index (χ3n) is 6.55. The van der Waals surface area contributed by atoms with E-state index in [4.69, 9.17) is 9.47 Å². The van der Waals surface area contributed by atoms with Crippen LogP contribution in [0.2, 0.25) is 0 Å². The molecule has 7 atom stereocenters. The highest BCUT2D eigenvalue weighted by Gasteiger charge is 2.49. The summed E-state index contributed by atoms with van der Waals surface area (Å²) in [6.07, 6.45) is 9.10. The van der Waals surface area contributed by atoms with Crippen LogP contribution in [0.1, 0.15) is 97.3 Å². The van der Waals surface area contributed by atoms with Crippen LogP contribution in [0, 0.1) is 5.92 Å². The summed E-state index contributed by atoms with van der Waals surface area (Å²) in [5, 5.41) is 48.4. The number of unbranched alkanes of at least 4 members (excludes halogenated alkanes) is 9. The smallest absolute Gasteiger partial charge is 0.115 e. The van der Waals surface area contributed by atoms with Crippen molar-refractivity contribution in [3.05, 3.63) is 0 Å². The Balaban J connectivity index is 1.87. The van der Waals surface area contributed by atoms with Crippen molar-refractivity contribution >= 4 is 0 Å². The molecule has 5 N–H and O–H groups in total. The van der Waals surface area contributed by atoms with E-state index in [9.17, 15) is 25.5 Å². The number of ether oxygens (including phenoxy) is 2. The summed E-state index contributed by atoms with van der Waals surface area (Å²) < 4.78 is 10.7. The van der Waals surface area contributed by atoms with Crippen LogP contribution in [0.25, 0.3) is 0 Å². The molecule has 1 saturated carbocycles. The zero-order valence-corrected chi connectivity index (χ0v) is 20.4. The van der Waals surface area contributed by atoms with Crippen LogP contribution in [0.3, 0.4) is 0 Å². The molecule has 1 aliphatic rings. The Hall–Kier alpha value is -0.280. The molecule has 192 valence electrons. The second-order valence-corrected chi connectivity index (χ2v) is 9.71. The lowest BCUT2D eigenvalue weighted by molar-refractivity contribution is -0.113. The highest BCUT2D eigenvalue weighted by molar-refractivity contribution is 4.99. The lowest BCUT2D eigenvalue weighted by atomic mass is 9.96. The van der Waals surface area contributed by atoms with E-state index in [0.717, 1.165) is 18.8 Å². The van der Waals surface area contributed by atoms with Crippen molar-refractivity contribution in [3.8, 4) is 0 Å². The van der Waals surface area contributed by atoms with Gasteiger partial charge in [0, 0.05) is 6.61 Å². The molecule has 0 heterocycles. The van der Waals surface area contributed by atoms with Crippen molar-refractivity contribution in [1.29, 1.82) is 0 Å². The first kappa shape index (κ1) is 29.8. The molecule has 0 aromatic rings. The van der Waals surface area contributed by atoms with E-state index < -0.39 is 36.6 Å². The molecule has 0 aliphatic heterocycles. The van der Waals surface area contributed by atoms with Gasteiger partial charge in [0.2, 0.25) is 0 Å². The Bertz CT molecular complexity index is 423. The highest BCUT2D eigenvalue weighted by Crippen LogP contribution is 2.24. The van der Waals surface area contributed by atoms with Crippen LogP contribution in [-0.2, 0) is 9.47 Å². The Morgan fingerprint density at radius 1 is 0.656 bits per heavy atom. The normalized spacial score (nSPS) is 27.7. The van der Waals surface area contributed by atoms with Gasteiger partial charge in [-0.05, 0) is 12.3 Å².